The van der Waals surface area contributed by atoms with Crippen molar-refractivity contribution in [2.75, 3.05) is 6.54 Å². The van der Waals surface area contributed by atoms with Gasteiger partial charge in [0.1, 0.15) is 25.2 Å². The van der Waals surface area contributed by atoms with E-state index in [0.29, 0.717) is 18.1 Å². The number of carbonyl (C=O) groups excluding carboxylic acids is 6. The fraction of sp³-hybridized carbons (Fsp3) is 0.286. The molecule has 3 rings (SSSR count). The number of nitrogens with zero attached hydrogens (tertiary/aromatic N) is 2. The molecule has 0 bridgehead atoms. The van der Waals surface area contributed by atoms with Crippen LogP contribution in [0.3, 0.4) is 0 Å². The number of hydrazine groups is 1. The molecule has 2 aromatic carbocycles. The predicted molar refractivity (Wildman–Crippen MR) is 146 cm³/mol. The predicted octanol–water partition coefficient (Wildman–Crippen LogP) is 0.250. The lowest BCUT2D eigenvalue weighted by atomic mass is 10.1. The molecule has 13 nitrogen and oxygen atoms in total. The first-order chi connectivity index (χ1) is 19.5. The monoisotopic (exact) mass is 564 g/mol. The number of ether oxygens (including phenoxy) is 1. The minimum atomic E-state index is -1.18. The Labute approximate surface area is 236 Å². The van der Waals surface area contributed by atoms with Crippen molar-refractivity contribution in [3.05, 3.63) is 83.4 Å². The fourth-order valence-corrected chi connectivity index (χ4v) is 3.80. The molecule has 0 aliphatic carbocycles. The number of amides is 6. The number of alkyl carbamates (subject to hydrolysis) is 1. The minimum Gasteiger partial charge on any atom is -0.445 e. The summed E-state index contributed by atoms with van der Waals surface area (Å²) < 4.78 is 5.08. The molecule has 2 unspecified atom stereocenters. The Balaban J connectivity index is 1.49. The summed E-state index contributed by atoms with van der Waals surface area (Å²) in [5.74, 6) is -3.77. The van der Waals surface area contributed by atoms with Crippen LogP contribution in [0.25, 0.3) is 0 Å². The van der Waals surface area contributed by atoms with Crippen LogP contribution in [0.1, 0.15) is 30.5 Å². The van der Waals surface area contributed by atoms with Crippen molar-refractivity contribution in [1.82, 2.24) is 26.0 Å². The zero-order valence-electron chi connectivity index (χ0n) is 22.7. The van der Waals surface area contributed by atoms with Crippen molar-refractivity contribution >= 4 is 35.6 Å². The van der Waals surface area contributed by atoms with Crippen LogP contribution < -0.4 is 21.8 Å². The first-order valence-electron chi connectivity index (χ1n) is 12.7. The van der Waals surface area contributed by atoms with Crippen LogP contribution in [-0.4, -0.2) is 64.2 Å². The maximum Gasteiger partial charge on any atom is 0.408 e. The first kappa shape index (κ1) is 30.3. The summed E-state index contributed by atoms with van der Waals surface area (Å²) in [6.07, 6.45) is 1.14. The van der Waals surface area contributed by atoms with Gasteiger partial charge in [0.05, 0.1) is 0 Å². The molecule has 1 aliphatic rings. The zero-order valence-corrected chi connectivity index (χ0v) is 22.7. The van der Waals surface area contributed by atoms with Gasteiger partial charge in [-0.05, 0) is 30.5 Å². The molecule has 2 aromatic rings. The molecule has 0 radical (unpaired) electrons. The molecule has 6 amide bonds. The Morgan fingerprint density at radius 2 is 1.46 bits per heavy atom. The third-order valence-corrected chi connectivity index (χ3v) is 6.04. The molecule has 0 aromatic heterocycles. The number of benzene rings is 2. The summed E-state index contributed by atoms with van der Waals surface area (Å²) in [4.78, 5) is 75.5. The second-order valence-electron chi connectivity index (χ2n) is 9.32. The molecule has 13 heteroatoms. The summed E-state index contributed by atoms with van der Waals surface area (Å²) in [5.41, 5.74) is 10.2. The van der Waals surface area contributed by atoms with Gasteiger partial charge in [-0.2, -0.15) is 0 Å². The lowest BCUT2D eigenvalue weighted by Crippen LogP contribution is -2.56. The summed E-state index contributed by atoms with van der Waals surface area (Å²) in [6, 6.07) is 14.3. The van der Waals surface area contributed by atoms with E-state index in [2.05, 4.69) is 16.1 Å². The van der Waals surface area contributed by atoms with Crippen molar-refractivity contribution in [3.8, 4) is 0 Å². The van der Waals surface area contributed by atoms with Crippen LogP contribution in [0.2, 0.25) is 0 Å². The Hall–Kier alpha value is -5.20. The number of primary amides is 1. The van der Waals surface area contributed by atoms with E-state index in [1.807, 2.05) is 30.3 Å². The van der Waals surface area contributed by atoms with E-state index in [4.69, 9.17) is 10.5 Å². The molecule has 0 spiro atoms. The highest BCUT2D eigenvalue weighted by molar-refractivity contribution is 5.99. The van der Waals surface area contributed by atoms with Gasteiger partial charge in [0, 0.05) is 25.2 Å². The van der Waals surface area contributed by atoms with Gasteiger partial charge in [-0.3, -0.25) is 29.4 Å². The van der Waals surface area contributed by atoms with Gasteiger partial charge >= 0.3 is 6.09 Å². The maximum absolute atomic E-state index is 12.7. The standard InChI is InChI=1S/C28H32N6O7/c1-18(31-28(40)41-17-20-8-4-3-5-9-20)26(38)30-19(2)27(39)32-34(16-23(29)35)25(37)13-12-24(36)33-14-21-10-6-7-11-22(21)15-33/h3-13,18-19H,14-17H2,1-2H3,(H2,29,35)(H,30,38)(H,31,40)(H,32,39)/b13-12+. The quantitative estimate of drug-likeness (QED) is 0.236. The van der Waals surface area contributed by atoms with E-state index in [1.54, 1.807) is 24.3 Å². The van der Waals surface area contributed by atoms with Crippen molar-refractivity contribution in [2.24, 2.45) is 5.73 Å². The van der Waals surface area contributed by atoms with Crippen LogP contribution in [0, 0.1) is 0 Å². The molecule has 1 aliphatic heterocycles. The van der Waals surface area contributed by atoms with Crippen molar-refractivity contribution in [3.63, 3.8) is 0 Å². The van der Waals surface area contributed by atoms with Crippen molar-refractivity contribution in [1.29, 1.82) is 0 Å². The maximum atomic E-state index is 12.7. The molecule has 5 N–H and O–H groups in total. The Kier molecular flexibility index (Phi) is 10.6. The summed E-state index contributed by atoms with van der Waals surface area (Å²) in [7, 11) is 0. The van der Waals surface area contributed by atoms with E-state index in [9.17, 15) is 28.8 Å². The molecule has 0 saturated heterocycles. The minimum absolute atomic E-state index is 0.00920. The molecule has 0 saturated carbocycles. The number of fused-ring (bicyclic) bond motifs is 1. The lowest BCUT2D eigenvalue weighted by molar-refractivity contribution is -0.142. The Bertz CT molecular complexity index is 1310. The summed E-state index contributed by atoms with van der Waals surface area (Å²) >= 11 is 0. The Morgan fingerprint density at radius 1 is 0.878 bits per heavy atom. The third-order valence-electron chi connectivity index (χ3n) is 6.04. The number of nitrogens with one attached hydrogen (secondary N) is 3. The first-order valence-corrected chi connectivity index (χ1v) is 12.7. The second kappa shape index (κ2) is 14.3. The van der Waals surface area contributed by atoms with Crippen molar-refractivity contribution in [2.45, 2.75) is 45.6 Å². The van der Waals surface area contributed by atoms with Crippen LogP contribution in [0.5, 0.6) is 0 Å². The SMILES string of the molecule is CC(NC(=O)OCc1ccccc1)C(=O)NC(C)C(=O)NN(CC(N)=O)C(=O)/C=C/C(=O)N1Cc2ccccc2C1. The van der Waals surface area contributed by atoms with Crippen LogP contribution in [0.15, 0.2) is 66.7 Å². The van der Waals surface area contributed by atoms with Gasteiger partial charge in [0.15, 0.2) is 0 Å². The van der Waals surface area contributed by atoms with Crippen LogP contribution in [-0.2, 0) is 48.4 Å². The summed E-state index contributed by atoms with van der Waals surface area (Å²) in [5, 5.41) is 5.40. The molecule has 41 heavy (non-hydrogen) atoms. The highest BCUT2D eigenvalue weighted by Crippen LogP contribution is 2.22. The van der Waals surface area contributed by atoms with Crippen molar-refractivity contribution < 1.29 is 33.5 Å². The van der Waals surface area contributed by atoms with Gasteiger partial charge in [-0.1, -0.05) is 54.6 Å². The number of nitrogens with two attached hydrogens (primary N) is 1. The summed E-state index contributed by atoms with van der Waals surface area (Å²) in [6.45, 7) is 2.85. The molecule has 1 heterocycles. The molecule has 0 fully saturated rings. The second-order valence-corrected chi connectivity index (χ2v) is 9.32. The largest absolute Gasteiger partial charge is 0.445 e. The normalized spacial score (nSPS) is 13.5. The smallest absolute Gasteiger partial charge is 0.408 e. The highest BCUT2D eigenvalue weighted by Gasteiger charge is 2.25. The number of rotatable bonds is 10. The van der Waals surface area contributed by atoms with Crippen LogP contribution in [0.4, 0.5) is 4.79 Å². The average Bonchev–Trinajstić information content (AvgIpc) is 3.39. The van der Waals surface area contributed by atoms with Gasteiger partial charge in [-0.15, -0.1) is 0 Å². The van der Waals surface area contributed by atoms with E-state index < -0.39 is 54.3 Å². The lowest BCUT2D eigenvalue weighted by Gasteiger charge is -2.24. The highest BCUT2D eigenvalue weighted by atomic mass is 16.5. The van der Waals surface area contributed by atoms with E-state index >= 15 is 0 Å². The molecule has 2 atom stereocenters. The zero-order chi connectivity index (χ0) is 29.9. The van der Waals surface area contributed by atoms with Gasteiger partial charge in [0.2, 0.25) is 17.7 Å². The third kappa shape index (κ3) is 9.20. The Morgan fingerprint density at radius 3 is 2.07 bits per heavy atom. The van der Waals surface area contributed by atoms with E-state index in [0.717, 1.165) is 28.8 Å². The fourth-order valence-electron chi connectivity index (χ4n) is 3.80. The number of hydrogen-bond acceptors (Lipinski definition) is 7. The molecular formula is C28H32N6O7. The van der Waals surface area contributed by atoms with Crippen LogP contribution >= 0.6 is 0 Å². The van der Waals surface area contributed by atoms with E-state index in [-0.39, 0.29) is 6.61 Å². The number of hydrogen-bond donors (Lipinski definition) is 4. The number of carbonyl (C=O) groups is 6. The van der Waals surface area contributed by atoms with E-state index in [1.165, 1.54) is 18.7 Å². The topological polar surface area (TPSA) is 180 Å². The average molecular weight is 565 g/mol. The molecule has 216 valence electrons. The van der Waals surface area contributed by atoms with Gasteiger partial charge < -0.3 is 26.0 Å². The van der Waals surface area contributed by atoms with Gasteiger partial charge in [0.25, 0.3) is 11.8 Å². The van der Waals surface area contributed by atoms with Gasteiger partial charge in [-0.25, -0.2) is 9.80 Å². The molecular weight excluding hydrogens is 532 g/mol.